The molecule has 0 aliphatic heterocycles. The van der Waals surface area contributed by atoms with Gasteiger partial charge in [-0.05, 0) is 138 Å². The lowest BCUT2D eigenvalue weighted by atomic mass is 10.0. The fourth-order valence-corrected chi connectivity index (χ4v) is 13.6. The summed E-state index contributed by atoms with van der Waals surface area (Å²) in [5.41, 5.74) is 13.7. The van der Waals surface area contributed by atoms with Crippen LogP contribution in [-0.4, -0.2) is 0 Å². The second-order valence-electron chi connectivity index (χ2n) is 19.2. The molecule has 0 saturated heterocycles. The molecule has 0 fully saturated rings. The second-order valence-corrected chi connectivity index (χ2v) is 21.3. The van der Waals surface area contributed by atoms with Gasteiger partial charge >= 0.3 is 0 Å². The summed E-state index contributed by atoms with van der Waals surface area (Å²) in [7, 11) is 0. The molecule has 3 heterocycles. The van der Waals surface area contributed by atoms with E-state index in [2.05, 4.69) is 283 Å². The Kier molecular flexibility index (Phi) is 11.6. The molecule has 0 aliphatic carbocycles. The van der Waals surface area contributed by atoms with Gasteiger partial charge in [0.05, 0.1) is 26.5 Å². The van der Waals surface area contributed by atoms with Crippen LogP contribution in [0.1, 0.15) is 12.5 Å². The molecular formula is C71H49N3OS2. The second kappa shape index (κ2) is 19.3. The lowest BCUT2D eigenvalue weighted by molar-refractivity contribution is 0.669. The van der Waals surface area contributed by atoms with Gasteiger partial charge in [-0.15, -0.1) is 22.7 Å². The minimum absolute atomic E-state index is 0.858. The number of anilines is 9. The minimum atomic E-state index is 0.858. The van der Waals surface area contributed by atoms with Gasteiger partial charge in [0, 0.05) is 75.8 Å². The third-order valence-corrected chi connectivity index (χ3v) is 17.1. The largest absolute Gasteiger partial charge is 0.454 e. The van der Waals surface area contributed by atoms with Crippen LogP contribution in [0.4, 0.5) is 51.2 Å². The zero-order valence-corrected chi connectivity index (χ0v) is 43.8. The molecule has 14 rings (SSSR count). The predicted molar refractivity (Wildman–Crippen MR) is 334 cm³/mol. The van der Waals surface area contributed by atoms with Gasteiger partial charge in [-0.2, -0.15) is 0 Å². The molecule has 0 radical (unpaired) electrons. The molecule has 0 bridgehead atoms. The summed E-state index contributed by atoms with van der Waals surface area (Å²) in [5.74, 6) is 0. The lowest BCUT2D eigenvalue weighted by Crippen LogP contribution is -2.10. The smallest absolute Gasteiger partial charge is 0.159 e. The van der Waals surface area contributed by atoms with E-state index in [1.54, 1.807) is 0 Å². The summed E-state index contributed by atoms with van der Waals surface area (Å²) in [6, 6.07) is 87.9. The topological polar surface area (TPSA) is 22.9 Å². The van der Waals surface area contributed by atoms with Gasteiger partial charge in [0.1, 0.15) is 5.58 Å². The minimum Gasteiger partial charge on any atom is -0.454 e. The van der Waals surface area contributed by atoms with E-state index < -0.39 is 0 Å². The van der Waals surface area contributed by atoms with Crippen molar-refractivity contribution in [1.29, 1.82) is 0 Å². The Balaban J connectivity index is 0.957. The monoisotopic (exact) mass is 1020 g/mol. The average Bonchev–Trinajstić information content (AvgIpc) is 4.25. The molecule has 0 aliphatic rings. The Morgan fingerprint density at radius 1 is 0.403 bits per heavy atom. The Bertz CT molecular complexity index is 4600. The lowest BCUT2D eigenvalue weighted by Gasteiger charge is -2.27. The molecule has 0 saturated carbocycles. The third-order valence-electron chi connectivity index (χ3n) is 14.6. The molecular weight excluding hydrogens is 975 g/mol. The highest BCUT2D eigenvalue weighted by atomic mass is 32.1. The first-order valence-corrected chi connectivity index (χ1v) is 27.6. The molecule has 6 heteroatoms. The van der Waals surface area contributed by atoms with Crippen molar-refractivity contribution < 1.29 is 4.42 Å². The maximum absolute atomic E-state index is 6.78. The van der Waals surface area contributed by atoms with Gasteiger partial charge in [-0.1, -0.05) is 164 Å². The van der Waals surface area contributed by atoms with Crippen molar-refractivity contribution in [2.75, 3.05) is 14.7 Å². The highest BCUT2D eigenvalue weighted by Crippen LogP contribution is 2.51. The van der Waals surface area contributed by atoms with E-state index in [1.165, 1.54) is 51.1 Å². The van der Waals surface area contributed by atoms with Crippen LogP contribution >= 0.6 is 22.7 Å². The number of furan rings is 1. The van der Waals surface area contributed by atoms with Crippen molar-refractivity contribution in [3.05, 3.63) is 279 Å². The fourth-order valence-electron chi connectivity index (χ4n) is 11.2. The number of para-hydroxylation sites is 4. The summed E-state index contributed by atoms with van der Waals surface area (Å²) in [6.45, 7) is 6.13. The van der Waals surface area contributed by atoms with E-state index >= 15 is 0 Å². The molecule has 0 atom stereocenters. The van der Waals surface area contributed by atoms with Crippen molar-refractivity contribution in [2.24, 2.45) is 0 Å². The van der Waals surface area contributed by atoms with Gasteiger partial charge in [0.15, 0.2) is 5.58 Å². The van der Waals surface area contributed by atoms with E-state index in [-0.39, 0.29) is 0 Å². The molecule has 0 amide bonds. The fraction of sp³-hybridized carbons (Fsp3) is 0.0141. The number of fused-ring (bicyclic) bond motifs is 10. The predicted octanol–water partition coefficient (Wildman–Crippen LogP) is 22.0. The standard InChI is InChI=1S/C71H49N3OS2/c1-3-19-47(20-4-2)50-23-15-28-53(43-50)72(55-39-41-67-61(45-55)59-31-17-34-64(70(59)76-67)73(51-24-7-5-8-25-51)52-26-9-6-10-27-52)56-40-42-68-62(46-56)60-32-18-35-65(71(60)77-68)74(54-38-37-48-21-11-12-22-49(48)44-54)63-33-16-30-58-57-29-13-14-36-66(57)75-69(58)63/h3-46H,1H2,2H3/b20-4-,47-19+. The molecule has 14 aromatic rings. The first kappa shape index (κ1) is 46.1. The quantitative estimate of drug-likeness (QED) is 0.114. The summed E-state index contributed by atoms with van der Waals surface area (Å²) in [5, 5.41) is 9.40. The maximum Gasteiger partial charge on any atom is 0.159 e. The first-order chi connectivity index (χ1) is 38.1. The van der Waals surface area contributed by atoms with E-state index in [1.807, 2.05) is 34.8 Å². The van der Waals surface area contributed by atoms with Crippen molar-refractivity contribution in [1.82, 2.24) is 0 Å². The normalized spacial score (nSPS) is 12.0. The van der Waals surface area contributed by atoms with E-state index in [0.29, 0.717) is 0 Å². The van der Waals surface area contributed by atoms with E-state index in [0.717, 1.165) is 84.3 Å². The summed E-state index contributed by atoms with van der Waals surface area (Å²) in [6.07, 6.45) is 8.18. The van der Waals surface area contributed by atoms with Gasteiger partial charge in [0.2, 0.25) is 0 Å². The van der Waals surface area contributed by atoms with Crippen LogP contribution in [0.25, 0.3) is 78.6 Å². The average molecular weight is 1020 g/mol. The summed E-state index contributed by atoms with van der Waals surface area (Å²) in [4.78, 5) is 7.20. The van der Waals surface area contributed by atoms with Gasteiger partial charge in [0.25, 0.3) is 0 Å². The van der Waals surface area contributed by atoms with Crippen molar-refractivity contribution in [2.45, 2.75) is 6.92 Å². The van der Waals surface area contributed by atoms with E-state index in [4.69, 9.17) is 4.42 Å². The molecule has 0 N–H and O–H groups in total. The summed E-state index contributed by atoms with van der Waals surface area (Å²) >= 11 is 3.68. The first-order valence-electron chi connectivity index (χ1n) is 26.0. The Labute approximate surface area is 454 Å². The summed E-state index contributed by atoms with van der Waals surface area (Å²) < 4.78 is 11.7. The Hall–Kier alpha value is -9.46. The van der Waals surface area contributed by atoms with Crippen LogP contribution in [-0.2, 0) is 0 Å². The number of hydrogen-bond donors (Lipinski definition) is 0. The molecule has 3 aromatic heterocycles. The molecule has 0 unspecified atom stereocenters. The van der Waals surface area contributed by atoms with Crippen LogP contribution in [0.2, 0.25) is 0 Å². The van der Waals surface area contributed by atoms with Crippen molar-refractivity contribution >= 4 is 152 Å². The van der Waals surface area contributed by atoms with Gasteiger partial charge in [-0.3, -0.25) is 0 Å². The van der Waals surface area contributed by atoms with Crippen LogP contribution < -0.4 is 14.7 Å². The van der Waals surface area contributed by atoms with Crippen molar-refractivity contribution in [3.8, 4) is 0 Å². The van der Waals surface area contributed by atoms with Crippen LogP contribution in [0, 0.1) is 0 Å². The third kappa shape index (κ3) is 8.05. The number of benzene rings is 11. The maximum atomic E-state index is 6.78. The molecule has 366 valence electrons. The molecule has 11 aromatic carbocycles. The number of hydrogen-bond acceptors (Lipinski definition) is 6. The number of thiophene rings is 2. The van der Waals surface area contributed by atoms with Crippen LogP contribution in [0.5, 0.6) is 0 Å². The van der Waals surface area contributed by atoms with Crippen LogP contribution in [0.15, 0.2) is 278 Å². The number of allylic oxidation sites excluding steroid dienone is 5. The zero-order valence-electron chi connectivity index (χ0n) is 42.2. The number of nitrogens with zero attached hydrogens (tertiary/aromatic N) is 3. The molecule has 0 spiro atoms. The molecule has 77 heavy (non-hydrogen) atoms. The van der Waals surface area contributed by atoms with E-state index in [9.17, 15) is 0 Å². The number of rotatable bonds is 12. The zero-order chi connectivity index (χ0) is 51.4. The Morgan fingerprint density at radius 2 is 0.922 bits per heavy atom. The SMILES string of the molecule is C=C/C=C(\C=C/C)c1cccc(N(c2ccc3sc4c(N(c5ccccc5)c5ccccc5)cccc4c3c2)c2ccc3sc4c(N(c5ccc6ccccc6c5)c5cccc6c5oc5ccccc56)cccc4c3c2)c1. The van der Waals surface area contributed by atoms with Crippen molar-refractivity contribution in [3.63, 3.8) is 0 Å². The highest BCUT2D eigenvalue weighted by molar-refractivity contribution is 7.26. The van der Waals surface area contributed by atoms with Gasteiger partial charge in [-0.25, -0.2) is 0 Å². The van der Waals surface area contributed by atoms with Crippen LogP contribution in [0.3, 0.4) is 0 Å². The highest BCUT2D eigenvalue weighted by Gasteiger charge is 2.25. The molecule has 4 nitrogen and oxygen atoms in total. The Morgan fingerprint density at radius 3 is 1.58 bits per heavy atom. The van der Waals surface area contributed by atoms with Gasteiger partial charge < -0.3 is 19.1 Å².